The predicted molar refractivity (Wildman–Crippen MR) is 112 cm³/mol. The molecular weight excluding hydrogens is 442 g/mol. The molecule has 3 atom stereocenters. The third-order valence-corrected chi connectivity index (χ3v) is 6.15. The summed E-state index contributed by atoms with van der Waals surface area (Å²) in [5.74, 6) is -1.97. The lowest BCUT2D eigenvalue weighted by molar-refractivity contribution is -0.221. The summed E-state index contributed by atoms with van der Waals surface area (Å²) in [6.45, 7) is 2.19. The van der Waals surface area contributed by atoms with Gasteiger partial charge in [-0.2, -0.15) is 23.5 Å². The van der Waals surface area contributed by atoms with E-state index in [2.05, 4.69) is 16.5 Å². The minimum Gasteiger partial charge on any atom is -0.383 e. The van der Waals surface area contributed by atoms with Crippen molar-refractivity contribution in [3.63, 3.8) is 0 Å². The molecule has 2 aromatic rings. The lowest BCUT2D eigenvalue weighted by Crippen LogP contribution is -2.45. The van der Waals surface area contributed by atoms with Crippen LogP contribution in [0.3, 0.4) is 0 Å². The van der Waals surface area contributed by atoms with Gasteiger partial charge in [-0.05, 0) is 30.5 Å². The van der Waals surface area contributed by atoms with Crippen molar-refractivity contribution in [2.24, 2.45) is 11.7 Å². The number of anilines is 2. The van der Waals surface area contributed by atoms with E-state index in [1.54, 1.807) is 0 Å². The van der Waals surface area contributed by atoms with Crippen LogP contribution in [0.1, 0.15) is 61.5 Å². The maximum Gasteiger partial charge on any atom is 0.415 e. The van der Waals surface area contributed by atoms with E-state index in [4.69, 9.17) is 5.73 Å². The number of rotatable bonds is 6. The maximum absolute atomic E-state index is 14.8. The minimum atomic E-state index is -4.92. The number of hydrogen-bond donors (Lipinski definition) is 3. The summed E-state index contributed by atoms with van der Waals surface area (Å²) in [6.07, 6.45) is -2.99. The van der Waals surface area contributed by atoms with Gasteiger partial charge in [0.1, 0.15) is 11.4 Å². The molecule has 3 rings (SSSR count). The van der Waals surface area contributed by atoms with Crippen LogP contribution in [0.2, 0.25) is 0 Å². The molecule has 4 N–H and O–H groups in total. The SMILES string of the molecule is CC(C)(c1ccc(Nc2nn(C3CCCCC3C#N)cc2C(N)=O)cc1F)C(O)C(F)(F)F. The van der Waals surface area contributed by atoms with Gasteiger partial charge in [-0.1, -0.05) is 32.8 Å². The number of alkyl halides is 3. The first-order valence-electron chi connectivity index (χ1n) is 10.5. The normalized spacial score (nSPS) is 20.2. The van der Waals surface area contributed by atoms with Crippen molar-refractivity contribution in [2.45, 2.75) is 63.3 Å². The molecule has 3 unspecified atom stereocenters. The van der Waals surface area contributed by atoms with Crippen molar-refractivity contribution in [1.29, 1.82) is 5.26 Å². The fourth-order valence-electron chi connectivity index (χ4n) is 4.22. The van der Waals surface area contributed by atoms with E-state index in [1.807, 2.05) is 0 Å². The van der Waals surface area contributed by atoms with Crippen LogP contribution in [0.25, 0.3) is 0 Å². The van der Waals surface area contributed by atoms with Gasteiger partial charge in [-0.25, -0.2) is 4.39 Å². The molecule has 1 heterocycles. The molecule has 0 saturated heterocycles. The molecule has 0 aliphatic heterocycles. The summed E-state index contributed by atoms with van der Waals surface area (Å²) in [7, 11) is 0. The third-order valence-electron chi connectivity index (χ3n) is 6.15. The number of aromatic nitrogens is 2. The molecule has 33 heavy (non-hydrogen) atoms. The number of primary amides is 1. The average molecular weight is 467 g/mol. The van der Waals surface area contributed by atoms with E-state index in [-0.39, 0.29) is 34.6 Å². The van der Waals surface area contributed by atoms with Gasteiger partial charge in [-0.3, -0.25) is 9.48 Å². The standard InChI is InChI=1S/C22H25F4N5O2/c1-21(2,20(33)22(24,25)26)15-8-7-13(9-16(15)23)29-19-14(18(28)32)11-31(30-19)17-6-4-3-5-12(17)10-27/h7-9,11-12,17,20,33H,3-6H2,1-2H3,(H2,28,32)(H,29,30). The van der Waals surface area contributed by atoms with Crippen molar-refractivity contribution >= 4 is 17.4 Å². The van der Waals surface area contributed by atoms with Crippen LogP contribution >= 0.6 is 0 Å². The highest BCUT2D eigenvalue weighted by atomic mass is 19.4. The number of aliphatic hydroxyl groups excluding tert-OH is 1. The number of halogens is 4. The van der Waals surface area contributed by atoms with Crippen LogP contribution in [-0.2, 0) is 5.41 Å². The number of aliphatic hydroxyl groups is 1. The molecule has 1 amide bonds. The lowest BCUT2D eigenvalue weighted by Gasteiger charge is -2.32. The molecule has 1 aliphatic rings. The first kappa shape index (κ1) is 24.5. The number of nitrogens with one attached hydrogen (secondary N) is 1. The van der Waals surface area contributed by atoms with E-state index in [0.29, 0.717) is 12.8 Å². The maximum atomic E-state index is 14.8. The van der Waals surface area contributed by atoms with Crippen molar-refractivity contribution in [3.05, 3.63) is 41.3 Å². The zero-order valence-corrected chi connectivity index (χ0v) is 18.2. The predicted octanol–water partition coefficient (Wildman–Crippen LogP) is 4.32. The van der Waals surface area contributed by atoms with Gasteiger partial charge >= 0.3 is 6.18 Å². The van der Waals surface area contributed by atoms with E-state index >= 15 is 0 Å². The molecule has 7 nitrogen and oxygen atoms in total. The molecule has 0 spiro atoms. The van der Waals surface area contributed by atoms with Crippen molar-refractivity contribution in [3.8, 4) is 6.07 Å². The summed E-state index contributed by atoms with van der Waals surface area (Å²) >= 11 is 0. The Morgan fingerprint density at radius 1 is 1.33 bits per heavy atom. The van der Waals surface area contributed by atoms with Crippen LogP contribution in [0, 0.1) is 23.1 Å². The lowest BCUT2D eigenvalue weighted by atomic mass is 9.78. The average Bonchev–Trinajstić information content (AvgIpc) is 3.16. The van der Waals surface area contributed by atoms with Crippen LogP contribution in [0.15, 0.2) is 24.4 Å². The second-order valence-electron chi connectivity index (χ2n) is 8.81. The number of nitrogens with zero attached hydrogens (tertiary/aromatic N) is 3. The van der Waals surface area contributed by atoms with Crippen LogP contribution in [-0.4, -0.2) is 33.1 Å². The van der Waals surface area contributed by atoms with Crippen LogP contribution in [0.4, 0.5) is 29.1 Å². The van der Waals surface area contributed by atoms with Gasteiger partial charge in [0.15, 0.2) is 11.9 Å². The summed E-state index contributed by atoms with van der Waals surface area (Å²) in [5, 5.41) is 26.2. The first-order valence-corrected chi connectivity index (χ1v) is 10.5. The fraction of sp³-hybridized carbons (Fsp3) is 0.500. The molecule has 11 heteroatoms. The first-order chi connectivity index (χ1) is 15.4. The van der Waals surface area contributed by atoms with Crippen molar-refractivity contribution in [2.75, 3.05) is 5.32 Å². The van der Waals surface area contributed by atoms with Gasteiger partial charge in [0.2, 0.25) is 0 Å². The van der Waals surface area contributed by atoms with Crippen LogP contribution < -0.4 is 11.1 Å². The highest BCUT2D eigenvalue weighted by molar-refractivity contribution is 5.98. The molecule has 1 aromatic carbocycles. The number of carbonyl (C=O) groups excluding carboxylic acids is 1. The largest absolute Gasteiger partial charge is 0.415 e. The summed E-state index contributed by atoms with van der Waals surface area (Å²) in [4.78, 5) is 11.9. The Morgan fingerprint density at radius 2 is 2.00 bits per heavy atom. The van der Waals surface area contributed by atoms with Gasteiger partial charge in [0, 0.05) is 17.3 Å². The van der Waals surface area contributed by atoms with Gasteiger partial charge in [0.05, 0.1) is 18.0 Å². The summed E-state index contributed by atoms with van der Waals surface area (Å²) in [5.41, 5.74) is 3.36. The van der Waals surface area contributed by atoms with Crippen molar-refractivity contribution in [1.82, 2.24) is 9.78 Å². The Morgan fingerprint density at radius 3 is 2.58 bits per heavy atom. The van der Waals surface area contributed by atoms with E-state index in [9.17, 15) is 32.7 Å². The van der Waals surface area contributed by atoms with Gasteiger partial charge in [0.25, 0.3) is 5.91 Å². The van der Waals surface area contributed by atoms with Crippen molar-refractivity contribution < 1.29 is 27.5 Å². The summed E-state index contributed by atoms with van der Waals surface area (Å²) < 4.78 is 55.3. The molecule has 178 valence electrons. The molecule has 1 fully saturated rings. The molecule has 1 aliphatic carbocycles. The van der Waals surface area contributed by atoms with E-state index in [1.165, 1.54) is 16.9 Å². The van der Waals surface area contributed by atoms with Gasteiger partial charge < -0.3 is 16.2 Å². The second kappa shape index (κ2) is 9.02. The molecule has 0 radical (unpaired) electrons. The topological polar surface area (TPSA) is 117 Å². The highest BCUT2D eigenvalue weighted by Crippen LogP contribution is 2.39. The number of nitriles is 1. The molecule has 1 aromatic heterocycles. The Balaban J connectivity index is 1.91. The number of amides is 1. The number of hydrogen-bond acceptors (Lipinski definition) is 5. The Kier molecular flexibility index (Phi) is 6.70. The second-order valence-corrected chi connectivity index (χ2v) is 8.81. The Bertz CT molecular complexity index is 1070. The molecule has 0 bridgehead atoms. The smallest absolute Gasteiger partial charge is 0.383 e. The Hall–Kier alpha value is -3.13. The highest BCUT2D eigenvalue weighted by Gasteiger charge is 2.49. The monoisotopic (exact) mass is 467 g/mol. The molecular formula is C22H25F4N5O2. The molecule has 1 saturated carbocycles. The Labute approximate surface area is 188 Å². The third kappa shape index (κ3) is 4.95. The fourth-order valence-corrected chi connectivity index (χ4v) is 4.22. The number of nitrogens with two attached hydrogens (primary N) is 1. The summed E-state index contributed by atoms with van der Waals surface area (Å²) in [6, 6.07) is 5.45. The quantitative estimate of drug-likeness (QED) is 0.547. The van der Waals surface area contributed by atoms with Crippen LogP contribution in [0.5, 0.6) is 0 Å². The number of carbonyl (C=O) groups is 1. The van der Waals surface area contributed by atoms with Gasteiger partial charge in [-0.15, -0.1) is 0 Å². The zero-order chi connectivity index (χ0) is 24.6. The van der Waals surface area contributed by atoms with E-state index < -0.39 is 29.4 Å². The minimum absolute atomic E-state index is 0.0366. The zero-order valence-electron chi connectivity index (χ0n) is 18.2. The van der Waals surface area contributed by atoms with E-state index in [0.717, 1.165) is 38.8 Å². The number of benzene rings is 1.